The third-order valence-electron chi connectivity index (χ3n) is 1.62. The van der Waals surface area contributed by atoms with Crippen LogP contribution in [-0.4, -0.2) is 30.1 Å². The Morgan fingerprint density at radius 3 is 2.73 bits per heavy atom. The molecule has 0 amide bonds. The summed E-state index contributed by atoms with van der Waals surface area (Å²) in [6.07, 6.45) is 5.54. The average molecular weight is 228 g/mol. The third kappa shape index (κ3) is 2.61. The number of carbonyl (C=O) groups is 1. The van der Waals surface area contributed by atoms with E-state index >= 15 is 0 Å². The summed E-state index contributed by atoms with van der Waals surface area (Å²) in [4.78, 5) is 13.4. The molecule has 1 rings (SSSR count). The maximum Gasteiger partial charge on any atom is 0.329 e. The molecular formula is C8H8N2O4S. The molecule has 1 atom stereocenters. The molecule has 0 spiro atoms. The lowest BCUT2D eigenvalue weighted by Crippen LogP contribution is -2.31. The highest BCUT2D eigenvalue weighted by Gasteiger charge is 2.36. The molecule has 0 aromatic heterocycles. The van der Waals surface area contributed by atoms with E-state index in [4.69, 9.17) is 5.53 Å². The molecule has 7 heteroatoms. The van der Waals surface area contributed by atoms with E-state index in [0.717, 1.165) is 6.92 Å². The second-order valence-corrected chi connectivity index (χ2v) is 4.42. The number of hydrogen-bond acceptors (Lipinski definition) is 4. The van der Waals surface area contributed by atoms with E-state index in [1.54, 1.807) is 0 Å². The summed E-state index contributed by atoms with van der Waals surface area (Å²) >= 11 is 0. The Labute approximate surface area is 86.6 Å². The van der Waals surface area contributed by atoms with E-state index in [1.165, 1.54) is 24.3 Å². The molecule has 0 fully saturated rings. The monoisotopic (exact) mass is 228 g/mol. The van der Waals surface area contributed by atoms with Crippen molar-refractivity contribution < 1.29 is 22.2 Å². The van der Waals surface area contributed by atoms with Gasteiger partial charge in [-0.3, -0.25) is 4.79 Å². The number of rotatable bonds is 2. The molecule has 1 aliphatic carbocycles. The van der Waals surface area contributed by atoms with Crippen LogP contribution < -0.4 is 0 Å². The van der Waals surface area contributed by atoms with Gasteiger partial charge in [0.05, 0.1) is 0 Å². The lowest BCUT2D eigenvalue weighted by molar-refractivity contribution is -0.131. The third-order valence-corrected chi connectivity index (χ3v) is 3.10. The van der Waals surface area contributed by atoms with Gasteiger partial charge in [-0.05, 0) is 0 Å². The zero-order valence-electron chi connectivity index (χ0n) is 7.82. The summed E-state index contributed by atoms with van der Waals surface area (Å²) in [7, 11) is -4.12. The first-order valence-electron chi connectivity index (χ1n) is 3.98. The Balaban J connectivity index is 3.07. The summed E-state index contributed by atoms with van der Waals surface area (Å²) in [6, 6.07) is 0. The molecule has 80 valence electrons. The number of nitrogens with zero attached hydrogens (tertiary/aromatic N) is 2. The fourth-order valence-electron chi connectivity index (χ4n) is 1.06. The van der Waals surface area contributed by atoms with E-state index < -0.39 is 21.3 Å². The quantitative estimate of drug-likeness (QED) is 0.378. The van der Waals surface area contributed by atoms with Crippen molar-refractivity contribution in [2.24, 2.45) is 0 Å². The minimum atomic E-state index is -4.12. The standard InChI is InChI=1S/C8H8N2O4S/c1-6(11)14-15(12,13)8-5-3-2-4-7(8)10-9/h2-5,8H,1H3. The normalized spacial score (nSPS) is 19.8. The van der Waals surface area contributed by atoms with E-state index in [0.29, 0.717) is 0 Å². The largest absolute Gasteiger partial charge is 0.361 e. The highest BCUT2D eigenvalue weighted by Crippen LogP contribution is 2.12. The molecule has 0 saturated carbocycles. The van der Waals surface area contributed by atoms with Crippen molar-refractivity contribution in [1.82, 2.24) is 0 Å². The average Bonchev–Trinajstić information content (AvgIpc) is 2.16. The van der Waals surface area contributed by atoms with Crippen LogP contribution in [0.25, 0.3) is 5.53 Å². The predicted octanol–water partition coefficient (Wildman–Crippen LogP) is 0.0447. The van der Waals surface area contributed by atoms with Crippen molar-refractivity contribution in [1.29, 1.82) is 0 Å². The van der Waals surface area contributed by atoms with Crippen LogP contribution >= 0.6 is 0 Å². The van der Waals surface area contributed by atoms with Gasteiger partial charge >= 0.3 is 21.8 Å². The highest BCUT2D eigenvalue weighted by molar-refractivity contribution is 7.88. The van der Waals surface area contributed by atoms with Crippen LogP contribution in [-0.2, 0) is 19.1 Å². The Morgan fingerprint density at radius 2 is 2.20 bits per heavy atom. The van der Waals surface area contributed by atoms with Crippen LogP contribution in [0, 0.1) is 0 Å². The Kier molecular flexibility index (Phi) is 3.18. The van der Waals surface area contributed by atoms with Gasteiger partial charge in [-0.2, -0.15) is 13.2 Å². The van der Waals surface area contributed by atoms with Gasteiger partial charge in [0.15, 0.2) is 0 Å². The van der Waals surface area contributed by atoms with Gasteiger partial charge in [0, 0.05) is 13.0 Å². The Hall–Kier alpha value is -1.72. The van der Waals surface area contributed by atoms with Crippen molar-refractivity contribution in [2.45, 2.75) is 12.2 Å². The van der Waals surface area contributed by atoms with E-state index in [-0.39, 0.29) is 5.71 Å². The van der Waals surface area contributed by atoms with Crippen molar-refractivity contribution in [3.63, 3.8) is 0 Å². The summed E-state index contributed by atoms with van der Waals surface area (Å²) in [5.74, 6) is -0.935. The molecule has 0 bridgehead atoms. The van der Waals surface area contributed by atoms with Crippen LogP contribution in [0.2, 0.25) is 0 Å². The zero-order valence-corrected chi connectivity index (χ0v) is 8.64. The first-order chi connectivity index (χ1) is 6.97. The van der Waals surface area contributed by atoms with Crippen molar-refractivity contribution in [3.8, 4) is 0 Å². The molecular weight excluding hydrogens is 220 g/mol. The van der Waals surface area contributed by atoms with E-state index in [9.17, 15) is 13.2 Å². The highest BCUT2D eigenvalue weighted by atomic mass is 32.2. The molecule has 0 saturated heterocycles. The number of carbonyl (C=O) groups excluding carboxylic acids is 1. The second-order valence-electron chi connectivity index (χ2n) is 2.76. The van der Waals surface area contributed by atoms with Crippen molar-refractivity contribution in [2.75, 3.05) is 0 Å². The first-order valence-corrected chi connectivity index (χ1v) is 5.45. The van der Waals surface area contributed by atoms with Crippen LogP contribution in [0.4, 0.5) is 0 Å². The molecule has 0 aromatic carbocycles. The topological polar surface area (TPSA) is 96.8 Å². The van der Waals surface area contributed by atoms with E-state index in [2.05, 4.69) is 8.97 Å². The molecule has 0 heterocycles. The molecule has 6 nitrogen and oxygen atoms in total. The summed E-state index contributed by atoms with van der Waals surface area (Å²) < 4.78 is 27.1. The maximum absolute atomic E-state index is 11.4. The zero-order chi connectivity index (χ0) is 11.5. The van der Waals surface area contributed by atoms with Gasteiger partial charge in [-0.1, -0.05) is 18.2 Å². The fourth-order valence-corrected chi connectivity index (χ4v) is 2.20. The number of allylic oxidation sites excluding steroid dienone is 3. The molecule has 0 aromatic rings. The Bertz CT molecular complexity index is 483. The lowest BCUT2D eigenvalue weighted by Gasteiger charge is -2.08. The van der Waals surface area contributed by atoms with Gasteiger partial charge in [0.1, 0.15) is 0 Å². The minimum Gasteiger partial charge on any atom is -0.361 e. The van der Waals surface area contributed by atoms with Crippen molar-refractivity contribution in [3.05, 3.63) is 29.8 Å². The van der Waals surface area contributed by atoms with Crippen LogP contribution in [0.15, 0.2) is 24.3 Å². The van der Waals surface area contributed by atoms with Gasteiger partial charge in [0.2, 0.25) is 5.25 Å². The van der Waals surface area contributed by atoms with E-state index in [1.807, 2.05) is 0 Å². The van der Waals surface area contributed by atoms with Gasteiger partial charge in [0.25, 0.3) is 0 Å². The van der Waals surface area contributed by atoms with Crippen molar-refractivity contribution >= 4 is 21.8 Å². The SMILES string of the molecule is CC(=O)OS(=O)(=O)C1C=CC=CC1=[N+]=[N-]. The fraction of sp³-hybridized carbons (Fsp3) is 0.250. The molecule has 0 N–H and O–H groups in total. The lowest BCUT2D eigenvalue weighted by atomic mass is 10.1. The smallest absolute Gasteiger partial charge is 0.329 e. The molecule has 1 unspecified atom stereocenters. The summed E-state index contributed by atoms with van der Waals surface area (Å²) in [5, 5.41) is -1.25. The molecule has 0 aliphatic heterocycles. The predicted molar refractivity (Wildman–Crippen MR) is 51.4 cm³/mol. The minimum absolute atomic E-state index is 0.0984. The second kappa shape index (κ2) is 4.20. The molecule has 0 radical (unpaired) electrons. The Morgan fingerprint density at radius 1 is 1.53 bits per heavy atom. The van der Waals surface area contributed by atoms with Crippen LogP contribution in [0.1, 0.15) is 6.92 Å². The van der Waals surface area contributed by atoms with Crippen LogP contribution in [0.5, 0.6) is 0 Å². The number of hydrogen-bond donors (Lipinski definition) is 0. The summed E-state index contributed by atoms with van der Waals surface area (Å²) in [6.45, 7) is 0.982. The van der Waals surface area contributed by atoms with Gasteiger partial charge < -0.3 is 9.71 Å². The maximum atomic E-state index is 11.4. The van der Waals surface area contributed by atoms with Gasteiger partial charge in [-0.25, -0.2) is 0 Å². The molecule has 1 aliphatic rings. The first kappa shape index (κ1) is 11.4. The van der Waals surface area contributed by atoms with Gasteiger partial charge in [-0.15, -0.1) is 0 Å². The van der Waals surface area contributed by atoms with Crippen LogP contribution in [0.3, 0.4) is 0 Å². The summed E-state index contributed by atoms with van der Waals surface area (Å²) in [5.41, 5.74) is 8.46. The molecule has 15 heavy (non-hydrogen) atoms.